The molecule has 0 aliphatic carbocycles. The van der Waals surface area contributed by atoms with Gasteiger partial charge in [-0.15, -0.1) is 11.3 Å². The number of ketones is 1. The molecule has 2 rings (SSSR count). The Labute approximate surface area is 109 Å². The van der Waals surface area contributed by atoms with Crippen LogP contribution in [0, 0.1) is 5.82 Å². The van der Waals surface area contributed by atoms with E-state index < -0.39 is 5.82 Å². The molecule has 2 aromatic rings. The zero-order valence-electron chi connectivity index (χ0n) is 7.84. The lowest BCUT2D eigenvalue weighted by Crippen LogP contribution is -2.00. The monoisotopic (exact) mass is 318 g/mol. The Hall–Kier alpha value is -0.710. The predicted molar refractivity (Wildman–Crippen MR) is 66.9 cm³/mol. The van der Waals surface area contributed by atoms with Gasteiger partial charge in [-0.25, -0.2) is 4.39 Å². The maximum atomic E-state index is 13.2. The van der Waals surface area contributed by atoms with Crippen LogP contribution in [0.25, 0.3) is 0 Å². The maximum absolute atomic E-state index is 13.2. The first-order valence-electron chi connectivity index (χ1n) is 4.33. The van der Waals surface area contributed by atoms with Gasteiger partial charge in [0.25, 0.3) is 0 Å². The van der Waals surface area contributed by atoms with Crippen molar-refractivity contribution in [1.82, 2.24) is 0 Å². The Morgan fingerprint density at radius 3 is 2.69 bits per heavy atom. The Morgan fingerprint density at radius 1 is 1.31 bits per heavy atom. The molecule has 0 fully saturated rings. The zero-order valence-corrected chi connectivity index (χ0v) is 11.0. The van der Waals surface area contributed by atoms with Gasteiger partial charge in [0, 0.05) is 5.56 Å². The molecule has 0 unspecified atom stereocenters. The molecule has 0 atom stereocenters. The van der Waals surface area contributed by atoms with Gasteiger partial charge >= 0.3 is 0 Å². The second-order valence-electron chi connectivity index (χ2n) is 3.03. The standard InChI is InChI=1S/C11H5BrClFOS/c12-9-5-4-8(16-9)11(15)6-2-1-3-7(14)10(6)13/h1-5H. The molecule has 0 bridgehead atoms. The molecule has 16 heavy (non-hydrogen) atoms. The lowest BCUT2D eigenvalue weighted by atomic mass is 10.1. The van der Waals surface area contributed by atoms with Crippen molar-refractivity contribution in [3.05, 3.63) is 55.4 Å². The van der Waals surface area contributed by atoms with Crippen molar-refractivity contribution < 1.29 is 9.18 Å². The lowest BCUT2D eigenvalue weighted by Gasteiger charge is -2.01. The van der Waals surface area contributed by atoms with Crippen LogP contribution >= 0.6 is 38.9 Å². The zero-order chi connectivity index (χ0) is 11.7. The molecule has 82 valence electrons. The summed E-state index contributed by atoms with van der Waals surface area (Å²) < 4.78 is 14.0. The largest absolute Gasteiger partial charge is 0.288 e. The van der Waals surface area contributed by atoms with E-state index in [9.17, 15) is 9.18 Å². The van der Waals surface area contributed by atoms with Crippen LogP contribution in [0.1, 0.15) is 15.2 Å². The smallest absolute Gasteiger partial charge is 0.204 e. The topological polar surface area (TPSA) is 17.1 Å². The number of carbonyl (C=O) groups is 1. The van der Waals surface area contributed by atoms with Crippen LogP contribution in [0.15, 0.2) is 34.1 Å². The third kappa shape index (κ3) is 2.19. The van der Waals surface area contributed by atoms with E-state index in [0.29, 0.717) is 4.88 Å². The quantitative estimate of drug-likeness (QED) is 0.743. The van der Waals surface area contributed by atoms with Crippen LogP contribution in [0.2, 0.25) is 5.02 Å². The highest BCUT2D eigenvalue weighted by Gasteiger charge is 2.16. The Kier molecular flexibility index (Phi) is 3.42. The van der Waals surface area contributed by atoms with Gasteiger partial charge in [0.2, 0.25) is 5.78 Å². The van der Waals surface area contributed by atoms with Gasteiger partial charge in [0.15, 0.2) is 0 Å². The van der Waals surface area contributed by atoms with E-state index in [1.54, 1.807) is 12.1 Å². The van der Waals surface area contributed by atoms with Crippen LogP contribution in [0.4, 0.5) is 4.39 Å². The van der Waals surface area contributed by atoms with Gasteiger partial charge in [0.1, 0.15) is 5.82 Å². The fraction of sp³-hybridized carbons (Fsp3) is 0. The van der Waals surface area contributed by atoms with E-state index in [0.717, 1.165) is 3.79 Å². The van der Waals surface area contributed by atoms with Gasteiger partial charge < -0.3 is 0 Å². The Bertz CT molecular complexity index is 553. The number of halogens is 3. The van der Waals surface area contributed by atoms with Gasteiger partial charge in [-0.2, -0.15) is 0 Å². The summed E-state index contributed by atoms with van der Waals surface area (Å²) in [6, 6.07) is 7.66. The van der Waals surface area contributed by atoms with Gasteiger partial charge in [-0.05, 0) is 40.2 Å². The molecule has 0 saturated carbocycles. The number of benzene rings is 1. The maximum Gasteiger partial charge on any atom is 0.204 e. The van der Waals surface area contributed by atoms with Crippen LogP contribution in [0.3, 0.4) is 0 Å². The van der Waals surface area contributed by atoms with E-state index >= 15 is 0 Å². The molecule has 0 aliphatic heterocycles. The summed E-state index contributed by atoms with van der Waals surface area (Å²) in [7, 11) is 0. The molecule has 0 N–H and O–H groups in total. The number of hydrogen-bond acceptors (Lipinski definition) is 2. The van der Waals surface area contributed by atoms with Gasteiger partial charge in [0.05, 0.1) is 13.7 Å². The van der Waals surface area contributed by atoms with E-state index in [-0.39, 0.29) is 16.4 Å². The summed E-state index contributed by atoms with van der Waals surface area (Å²) >= 11 is 10.3. The van der Waals surface area contributed by atoms with Crippen LogP contribution < -0.4 is 0 Å². The van der Waals surface area contributed by atoms with Gasteiger partial charge in [-0.3, -0.25) is 4.79 Å². The molecule has 1 aromatic carbocycles. The third-order valence-corrected chi connectivity index (χ3v) is 4.00. The van der Waals surface area contributed by atoms with Crippen molar-refractivity contribution in [3.63, 3.8) is 0 Å². The Balaban J connectivity index is 2.45. The third-order valence-electron chi connectivity index (χ3n) is 1.99. The van der Waals surface area contributed by atoms with E-state index in [1.165, 1.54) is 29.5 Å². The molecule has 0 aliphatic rings. The second-order valence-corrected chi connectivity index (χ2v) is 5.88. The first-order valence-corrected chi connectivity index (χ1v) is 6.32. The number of carbonyl (C=O) groups excluding carboxylic acids is 1. The summed E-state index contributed by atoms with van der Waals surface area (Å²) in [5.74, 6) is -0.844. The first kappa shape index (κ1) is 11.8. The SMILES string of the molecule is O=C(c1ccc(Br)s1)c1cccc(F)c1Cl. The molecule has 0 spiro atoms. The van der Waals surface area contributed by atoms with Crippen molar-refractivity contribution in [3.8, 4) is 0 Å². The van der Waals surface area contributed by atoms with E-state index in [4.69, 9.17) is 11.6 Å². The van der Waals surface area contributed by atoms with Crippen LogP contribution in [-0.2, 0) is 0 Å². The molecule has 5 heteroatoms. The minimum absolute atomic E-state index is 0.128. The Morgan fingerprint density at radius 2 is 2.06 bits per heavy atom. The molecule has 0 amide bonds. The summed E-state index contributed by atoms with van der Waals surface area (Å²) in [6.07, 6.45) is 0. The average Bonchev–Trinajstić information content (AvgIpc) is 2.68. The fourth-order valence-electron chi connectivity index (χ4n) is 1.25. The highest BCUT2D eigenvalue weighted by Crippen LogP contribution is 2.27. The molecule has 0 saturated heterocycles. The minimum atomic E-state index is -0.580. The highest BCUT2D eigenvalue weighted by atomic mass is 79.9. The van der Waals surface area contributed by atoms with Crippen LogP contribution in [-0.4, -0.2) is 5.78 Å². The molecule has 1 nitrogen and oxygen atoms in total. The van der Waals surface area contributed by atoms with Crippen molar-refractivity contribution in [2.45, 2.75) is 0 Å². The number of hydrogen-bond donors (Lipinski definition) is 0. The van der Waals surface area contributed by atoms with Crippen LogP contribution in [0.5, 0.6) is 0 Å². The van der Waals surface area contributed by atoms with Crippen molar-refractivity contribution >= 4 is 44.7 Å². The van der Waals surface area contributed by atoms with Crippen molar-refractivity contribution in [2.24, 2.45) is 0 Å². The lowest BCUT2D eigenvalue weighted by molar-refractivity contribution is 0.104. The van der Waals surface area contributed by atoms with Crippen molar-refractivity contribution in [1.29, 1.82) is 0 Å². The van der Waals surface area contributed by atoms with E-state index in [2.05, 4.69) is 15.9 Å². The summed E-state index contributed by atoms with van der Waals surface area (Å²) in [5.41, 5.74) is 0.191. The van der Waals surface area contributed by atoms with E-state index in [1.807, 2.05) is 0 Å². The number of rotatable bonds is 2. The molecular weight excluding hydrogens is 315 g/mol. The predicted octanol–water partition coefficient (Wildman–Crippen LogP) is 4.53. The summed E-state index contributed by atoms with van der Waals surface area (Å²) in [6.45, 7) is 0. The molecule has 1 heterocycles. The fourth-order valence-corrected chi connectivity index (χ4v) is 2.80. The minimum Gasteiger partial charge on any atom is -0.288 e. The molecular formula is C11H5BrClFOS. The first-order chi connectivity index (χ1) is 7.59. The summed E-state index contributed by atoms with van der Waals surface area (Å²) in [4.78, 5) is 12.5. The number of thiophene rings is 1. The second kappa shape index (κ2) is 4.65. The molecule has 1 aromatic heterocycles. The molecule has 0 radical (unpaired) electrons. The van der Waals surface area contributed by atoms with Crippen molar-refractivity contribution in [2.75, 3.05) is 0 Å². The average molecular weight is 320 g/mol. The summed E-state index contributed by atoms with van der Waals surface area (Å²) in [5, 5.41) is -0.128. The normalized spacial score (nSPS) is 10.4. The highest BCUT2D eigenvalue weighted by molar-refractivity contribution is 9.11. The van der Waals surface area contributed by atoms with Gasteiger partial charge in [-0.1, -0.05) is 17.7 Å².